The highest BCUT2D eigenvalue weighted by molar-refractivity contribution is 5.95. The lowest BCUT2D eigenvalue weighted by Gasteiger charge is -2.32. The molecule has 0 unspecified atom stereocenters. The Hall–Kier alpha value is -5.46. The van der Waals surface area contributed by atoms with Crippen molar-refractivity contribution in [2.75, 3.05) is 13.7 Å². The minimum absolute atomic E-state index is 0.0426. The van der Waals surface area contributed by atoms with Gasteiger partial charge in [0.05, 0.1) is 6.04 Å². The van der Waals surface area contributed by atoms with Gasteiger partial charge in [0.2, 0.25) is 29.5 Å². The highest BCUT2D eigenvalue weighted by Gasteiger charge is 2.36. The molecule has 13 heteroatoms. The predicted molar refractivity (Wildman–Crippen MR) is 219 cm³/mol. The summed E-state index contributed by atoms with van der Waals surface area (Å²) in [6.45, 7) is 8.84. The molecule has 3 rings (SSSR count). The van der Waals surface area contributed by atoms with Crippen LogP contribution in [0.5, 0.6) is 5.75 Å². The standard InChI is InChI=1S/C44H61N5O8/c1-7-8-9-10-11-12-16-19-37(51)46-35(26-31-17-14-13-15-18-31)41(53)48-39(29(2)3)42(54)45-33-22-25-38(52)47-40(30(4)5)43(55)49(6)36(44(56)57-28-33)27-32-20-23-34(50)24-21-32/h12-18,20-25,29-30,33,35-36,39-40,50H,7-11,19,26-28H2,1-6H3,(H,45,54)(H,46,51)(H,47,52)(H,48,53)/b16-12-,25-22+/t33-,35+,36+,39+,40+/m1/s1. The topological polar surface area (TPSA) is 183 Å². The van der Waals surface area contributed by atoms with E-state index in [2.05, 4.69) is 28.2 Å². The maximum atomic E-state index is 13.9. The lowest BCUT2D eigenvalue weighted by molar-refractivity contribution is -0.156. The molecule has 13 nitrogen and oxygen atoms in total. The molecule has 1 heterocycles. The van der Waals surface area contributed by atoms with Gasteiger partial charge in [-0.2, -0.15) is 0 Å². The fourth-order valence-corrected chi connectivity index (χ4v) is 6.31. The van der Waals surface area contributed by atoms with Crippen LogP contribution in [-0.2, 0) is 46.3 Å². The molecule has 0 radical (unpaired) electrons. The number of nitrogens with zero attached hydrogens (tertiary/aromatic N) is 1. The zero-order valence-corrected chi connectivity index (χ0v) is 34.2. The van der Waals surface area contributed by atoms with E-state index in [4.69, 9.17) is 4.74 Å². The van der Waals surface area contributed by atoms with E-state index < -0.39 is 65.7 Å². The fraction of sp³-hybridized carbons (Fsp3) is 0.500. The molecular formula is C44H61N5O8. The molecule has 0 saturated heterocycles. The summed E-state index contributed by atoms with van der Waals surface area (Å²) in [4.78, 5) is 82.4. The quantitative estimate of drug-likeness (QED) is 0.0843. The number of cyclic esters (lactones) is 1. The van der Waals surface area contributed by atoms with Crippen molar-refractivity contribution in [2.45, 2.75) is 116 Å². The van der Waals surface area contributed by atoms with Crippen molar-refractivity contribution in [3.05, 3.63) is 90.0 Å². The minimum Gasteiger partial charge on any atom is -0.508 e. The SMILES string of the molecule is CCCCCC/C=C\CC(=O)N[C@@H](Cc1ccccc1)C(=O)N[C@H](C(=O)N[C@@H]1/C=C/C(=O)N[C@@H](C(C)C)C(=O)N(C)[C@@H](Cc2ccc(O)cc2)C(=O)OC1)C(C)C. The summed E-state index contributed by atoms with van der Waals surface area (Å²) in [6.07, 6.45) is 12.1. The molecule has 5 N–H and O–H groups in total. The number of likely N-dealkylation sites (N-methyl/N-ethyl adjacent to an activating group) is 1. The zero-order valence-electron chi connectivity index (χ0n) is 34.2. The Morgan fingerprint density at radius 2 is 1.61 bits per heavy atom. The highest BCUT2D eigenvalue weighted by atomic mass is 16.5. The van der Waals surface area contributed by atoms with Crippen molar-refractivity contribution >= 4 is 35.5 Å². The number of aromatic hydroxyl groups is 1. The third kappa shape index (κ3) is 15.5. The van der Waals surface area contributed by atoms with E-state index in [-0.39, 0.29) is 43.4 Å². The molecule has 1 aliphatic rings. The van der Waals surface area contributed by atoms with Gasteiger partial charge >= 0.3 is 5.97 Å². The number of amides is 5. The summed E-state index contributed by atoms with van der Waals surface area (Å²) in [7, 11) is 1.47. The smallest absolute Gasteiger partial charge is 0.329 e. The Bertz CT molecular complexity index is 1690. The van der Waals surface area contributed by atoms with Crippen LogP contribution < -0.4 is 21.3 Å². The third-order valence-electron chi connectivity index (χ3n) is 9.77. The first-order chi connectivity index (χ1) is 27.2. The lowest BCUT2D eigenvalue weighted by Crippen LogP contribution is -2.57. The van der Waals surface area contributed by atoms with Crippen molar-refractivity contribution in [1.82, 2.24) is 26.2 Å². The summed E-state index contributed by atoms with van der Waals surface area (Å²) in [5.41, 5.74) is 1.48. The van der Waals surface area contributed by atoms with Crippen molar-refractivity contribution in [3.63, 3.8) is 0 Å². The van der Waals surface area contributed by atoms with Gasteiger partial charge in [0.15, 0.2) is 0 Å². The van der Waals surface area contributed by atoms with Gasteiger partial charge in [0.1, 0.15) is 36.5 Å². The monoisotopic (exact) mass is 787 g/mol. The van der Waals surface area contributed by atoms with Crippen LogP contribution in [0.3, 0.4) is 0 Å². The Morgan fingerprint density at radius 3 is 2.26 bits per heavy atom. The van der Waals surface area contributed by atoms with Crippen molar-refractivity contribution in [1.29, 1.82) is 0 Å². The molecule has 2 aromatic carbocycles. The van der Waals surface area contributed by atoms with E-state index in [1.54, 1.807) is 45.9 Å². The summed E-state index contributed by atoms with van der Waals surface area (Å²) >= 11 is 0. The molecule has 0 bridgehead atoms. The number of benzene rings is 2. The number of allylic oxidation sites excluding steroid dienone is 1. The molecule has 0 saturated carbocycles. The van der Waals surface area contributed by atoms with Crippen LogP contribution in [0.25, 0.3) is 0 Å². The zero-order chi connectivity index (χ0) is 41.9. The van der Waals surface area contributed by atoms with E-state index in [0.717, 1.165) is 31.2 Å². The Labute approximate surface area is 337 Å². The molecular weight excluding hydrogens is 727 g/mol. The summed E-state index contributed by atoms with van der Waals surface area (Å²) < 4.78 is 5.70. The molecule has 0 aliphatic carbocycles. The van der Waals surface area contributed by atoms with Crippen LogP contribution >= 0.6 is 0 Å². The molecule has 0 spiro atoms. The molecule has 57 heavy (non-hydrogen) atoms. The first kappa shape index (κ1) is 45.9. The second-order valence-corrected chi connectivity index (χ2v) is 15.2. The Morgan fingerprint density at radius 1 is 0.912 bits per heavy atom. The number of hydrogen-bond donors (Lipinski definition) is 5. The largest absolute Gasteiger partial charge is 0.508 e. The average Bonchev–Trinajstić information content (AvgIpc) is 3.18. The van der Waals surface area contributed by atoms with Gasteiger partial charge in [-0.3, -0.25) is 24.0 Å². The second-order valence-electron chi connectivity index (χ2n) is 15.2. The van der Waals surface area contributed by atoms with E-state index >= 15 is 0 Å². The van der Waals surface area contributed by atoms with Gasteiger partial charge in [-0.1, -0.05) is 115 Å². The molecule has 5 atom stereocenters. The number of ether oxygens (including phenoxy) is 1. The number of unbranched alkanes of at least 4 members (excludes halogenated alkanes) is 4. The number of nitrogens with one attached hydrogen (secondary N) is 4. The van der Waals surface area contributed by atoms with Gasteiger partial charge in [-0.15, -0.1) is 0 Å². The average molecular weight is 788 g/mol. The molecule has 0 aromatic heterocycles. The van der Waals surface area contributed by atoms with E-state index in [1.807, 2.05) is 36.4 Å². The Balaban J connectivity index is 1.80. The fourth-order valence-electron chi connectivity index (χ4n) is 6.31. The molecule has 5 amide bonds. The maximum Gasteiger partial charge on any atom is 0.329 e. The van der Waals surface area contributed by atoms with Gasteiger partial charge in [-0.05, 0) is 47.9 Å². The first-order valence-electron chi connectivity index (χ1n) is 20.0. The molecule has 1 aliphatic heterocycles. The van der Waals surface area contributed by atoms with Gasteiger partial charge < -0.3 is 36.0 Å². The van der Waals surface area contributed by atoms with Crippen LogP contribution in [0.4, 0.5) is 0 Å². The third-order valence-corrected chi connectivity index (χ3v) is 9.77. The normalized spacial score (nSPS) is 19.5. The number of carbonyl (C=O) groups excluding carboxylic acids is 6. The van der Waals surface area contributed by atoms with Crippen LogP contribution in [0, 0.1) is 11.8 Å². The molecule has 310 valence electrons. The molecule has 0 fully saturated rings. The van der Waals surface area contributed by atoms with Crippen LogP contribution in [0.15, 0.2) is 78.9 Å². The minimum atomic E-state index is -1.10. The van der Waals surface area contributed by atoms with Gasteiger partial charge in [0, 0.05) is 32.4 Å². The number of phenolic OH excluding ortho intramolecular Hbond substituents is 1. The van der Waals surface area contributed by atoms with Crippen molar-refractivity contribution in [3.8, 4) is 5.75 Å². The van der Waals surface area contributed by atoms with Gasteiger partial charge in [-0.25, -0.2) is 4.79 Å². The Kier molecular flexibility index (Phi) is 19.0. The van der Waals surface area contributed by atoms with E-state index in [0.29, 0.717) is 5.56 Å². The number of hydrogen-bond acceptors (Lipinski definition) is 8. The lowest BCUT2D eigenvalue weighted by atomic mass is 9.99. The van der Waals surface area contributed by atoms with Crippen LogP contribution in [0.1, 0.15) is 84.3 Å². The van der Waals surface area contributed by atoms with E-state index in [9.17, 15) is 33.9 Å². The highest BCUT2D eigenvalue weighted by Crippen LogP contribution is 2.17. The van der Waals surface area contributed by atoms with E-state index in [1.165, 1.54) is 42.7 Å². The van der Waals surface area contributed by atoms with Crippen LogP contribution in [0.2, 0.25) is 0 Å². The molecule has 2 aromatic rings. The first-order valence-corrected chi connectivity index (χ1v) is 20.0. The summed E-state index contributed by atoms with van der Waals surface area (Å²) in [5, 5.41) is 21.0. The summed E-state index contributed by atoms with van der Waals surface area (Å²) in [6, 6.07) is 10.4. The number of phenols is 1. The van der Waals surface area contributed by atoms with Crippen molar-refractivity contribution < 1.29 is 38.6 Å². The number of esters is 1. The van der Waals surface area contributed by atoms with Crippen molar-refractivity contribution in [2.24, 2.45) is 11.8 Å². The van der Waals surface area contributed by atoms with Gasteiger partial charge in [0.25, 0.3) is 0 Å². The number of carbonyl (C=O) groups is 6. The maximum absolute atomic E-state index is 13.9. The number of rotatable bonds is 18. The van der Waals surface area contributed by atoms with Crippen LogP contribution in [-0.4, -0.2) is 89.4 Å². The summed E-state index contributed by atoms with van der Waals surface area (Å²) in [5.74, 6) is -3.96. The second kappa shape index (κ2) is 23.6. The predicted octanol–water partition coefficient (Wildman–Crippen LogP) is 4.29.